The smallest absolute Gasteiger partial charge is 0.243 e. The van der Waals surface area contributed by atoms with Crippen molar-refractivity contribution in [2.75, 3.05) is 11.9 Å². The van der Waals surface area contributed by atoms with E-state index in [1.54, 1.807) is 0 Å². The van der Waals surface area contributed by atoms with Gasteiger partial charge >= 0.3 is 0 Å². The van der Waals surface area contributed by atoms with Gasteiger partial charge in [-0.2, -0.15) is 0 Å². The molecule has 0 aromatic carbocycles. The van der Waals surface area contributed by atoms with E-state index < -0.39 is 12.2 Å². The Morgan fingerprint density at radius 3 is 3.07 bits per heavy atom. The maximum atomic E-state index is 12.7. The minimum atomic E-state index is -0.930. The van der Waals surface area contributed by atoms with E-state index in [1.165, 1.54) is 16.8 Å². The molecule has 0 aliphatic carbocycles. The van der Waals surface area contributed by atoms with Gasteiger partial charge in [0, 0.05) is 13.0 Å². The highest BCUT2D eigenvalue weighted by Crippen LogP contribution is 2.13. The lowest BCUT2D eigenvalue weighted by Crippen LogP contribution is -2.35. The molecule has 1 saturated heterocycles. The summed E-state index contributed by atoms with van der Waals surface area (Å²) >= 11 is 1.24. The maximum absolute atomic E-state index is 12.7. The molecule has 2 rings (SSSR count). The molecule has 0 saturated carbocycles. The highest BCUT2D eigenvalue weighted by Gasteiger charge is 2.29. The molecule has 0 radical (unpaired) electrons. The van der Waals surface area contributed by atoms with E-state index in [0.717, 1.165) is 0 Å². The Labute approximate surface area is 95.9 Å². The average molecular weight is 253 g/mol. The van der Waals surface area contributed by atoms with E-state index in [0.29, 0.717) is 5.13 Å². The van der Waals surface area contributed by atoms with E-state index in [1.807, 2.05) is 0 Å². The highest BCUT2D eigenvalue weighted by molar-refractivity contribution is 7.13. The summed E-state index contributed by atoms with van der Waals surface area (Å²) in [5, 5.41) is 13.0. The molecule has 1 aromatic rings. The van der Waals surface area contributed by atoms with E-state index in [9.17, 15) is 9.18 Å². The summed E-state index contributed by atoms with van der Waals surface area (Å²) in [7, 11) is 0. The molecule has 2 heterocycles. The number of nitrogens with one attached hydrogen (secondary N) is 2. The van der Waals surface area contributed by atoms with Crippen molar-refractivity contribution in [2.45, 2.75) is 18.6 Å². The van der Waals surface area contributed by atoms with Crippen molar-refractivity contribution in [1.82, 2.24) is 15.5 Å². The Balaban J connectivity index is 0.00000112. The molecule has 0 bridgehead atoms. The summed E-state index contributed by atoms with van der Waals surface area (Å²) in [6, 6.07) is -0.450. The Bertz CT molecular complexity index is 323. The third-order valence-corrected chi connectivity index (χ3v) is 2.59. The number of rotatable bonds is 2. The van der Waals surface area contributed by atoms with Gasteiger partial charge in [0.25, 0.3) is 0 Å². The third kappa shape index (κ3) is 3.08. The summed E-state index contributed by atoms with van der Waals surface area (Å²) in [5.74, 6) is -0.248. The summed E-state index contributed by atoms with van der Waals surface area (Å²) < 4.78 is 12.7. The van der Waals surface area contributed by atoms with Crippen LogP contribution in [0.5, 0.6) is 0 Å². The molecule has 1 fully saturated rings. The minimum absolute atomic E-state index is 0. The van der Waals surface area contributed by atoms with Crippen LogP contribution in [0.25, 0.3) is 0 Å². The van der Waals surface area contributed by atoms with Gasteiger partial charge in [0.15, 0.2) is 0 Å². The van der Waals surface area contributed by atoms with Crippen LogP contribution in [0.4, 0.5) is 9.52 Å². The van der Waals surface area contributed by atoms with Crippen LogP contribution in [-0.4, -0.2) is 34.9 Å². The Hall–Kier alpha value is -0.790. The lowest BCUT2D eigenvalue weighted by Gasteiger charge is -2.07. The summed E-state index contributed by atoms with van der Waals surface area (Å²) in [5.41, 5.74) is 1.52. The van der Waals surface area contributed by atoms with Gasteiger partial charge in [0.2, 0.25) is 11.0 Å². The van der Waals surface area contributed by atoms with Crippen LogP contribution in [0.2, 0.25) is 0 Å². The Morgan fingerprint density at radius 2 is 2.53 bits per heavy atom. The van der Waals surface area contributed by atoms with Gasteiger partial charge in [-0.05, 0) is 0 Å². The van der Waals surface area contributed by atoms with Crippen LogP contribution in [0.1, 0.15) is 6.42 Å². The lowest BCUT2D eigenvalue weighted by atomic mass is 10.2. The molecule has 2 N–H and O–H groups in total. The minimum Gasteiger partial charge on any atom is -0.303 e. The zero-order valence-corrected chi connectivity index (χ0v) is 9.28. The van der Waals surface area contributed by atoms with Crippen molar-refractivity contribution < 1.29 is 9.18 Å². The zero-order valence-electron chi connectivity index (χ0n) is 7.64. The first-order chi connectivity index (χ1) is 6.75. The Kier molecular flexibility index (Phi) is 4.37. The fourth-order valence-corrected chi connectivity index (χ4v) is 1.76. The van der Waals surface area contributed by atoms with Gasteiger partial charge in [-0.25, -0.2) is 4.39 Å². The van der Waals surface area contributed by atoms with Crippen LogP contribution in [0.15, 0.2) is 5.51 Å². The first kappa shape index (κ1) is 12.3. The fourth-order valence-electron chi connectivity index (χ4n) is 1.31. The number of anilines is 1. The van der Waals surface area contributed by atoms with Gasteiger partial charge in [0.05, 0.1) is 6.04 Å². The number of amides is 1. The predicted octanol–water partition coefficient (Wildman–Crippen LogP) is 0.598. The fraction of sp³-hybridized carbons (Fsp3) is 0.571. The lowest BCUT2D eigenvalue weighted by molar-refractivity contribution is -0.117. The van der Waals surface area contributed by atoms with E-state index in [2.05, 4.69) is 20.8 Å². The van der Waals surface area contributed by atoms with Crippen molar-refractivity contribution in [3.63, 3.8) is 0 Å². The van der Waals surface area contributed by atoms with Gasteiger partial charge in [-0.15, -0.1) is 22.6 Å². The van der Waals surface area contributed by atoms with Gasteiger partial charge in [-0.1, -0.05) is 11.3 Å². The van der Waals surface area contributed by atoms with Crippen molar-refractivity contribution in [2.24, 2.45) is 0 Å². The molecule has 84 valence electrons. The van der Waals surface area contributed by atoms with Crippen LogP contribution in [0, 0.1) is 0 Å². The largest absolute Gasteiger partial charge is 0.303 e. The maximum Gasteiger partial charge on any atom is 0.243 e. The number of aromatic nitrogens is 2. The first-order valence-electron chi connectivity index (χ1n) is 4.20. The number of alkyl halides is 1. The summed E-state index contributed by atoms with van der Waals surface area (Å²) in [4.78, 5) is 11.5. The van der Waals surface area contributed by atoms with E-state index in [-0.39, 0.29) is 31.3 Å². The number of nitrogens with zero attached hydrogens (tertiary/aromatic N) is 2. The molecule has 15 heavy (non-hydrogen) atoms. The summed E-state index contributed by atoms with van der Waals surface area (Å²) in [6.45, 7) is 0.244. The quantitative estimate of drug-likeness (QED) is 0.809. The standard InChI is InChI=1S/C7H9FN4OS.ClH/c8-4-1-5(9-2-4)6(13)11-7-12-10-3-14-7;/h3-5,9H,1-2H2,(H,11,12,13);1H/t4-,5+;/m0./s1. The van der Waals surface area contributed by atoms with Crippen molar-refractivity contribution >= 4 is 34.8 Å². The van der Waals surface area contributed by atoms with Crippen molar-refractivity contribution in [1.29, 1.82) is 0 Å². The van der Waals surface area contributed by atoms with Crippen LogP contribution in [-0.2, 0) is 4.79 Å². The molecule has 5 nitrogen and oxygen atoms in total. The zero-order chi connectivity index (χ0) is 9.97. The monoisotopic (exact) mass is 252 g/mol. The van der Waals surface area contributed by atoms with E-state index in [4.69, 9.17) is 0 Å². The summed E-state index contributed by atoms with van der Waals surface area (Å²) in [6.07, 6.45) is -0.704. The molecule has 2 atom stereocenters. The second-order valence-corrected chi connectivity index (χ2v) is 3.86. The molecular weight excluding hydrogens is 243 g/mol. The van der Waals surface area contributed by atoms with Gasteiger partial charge in [0.1, 0.15) is 11.7 Å². The van der Waals surface area contributed by atoms with Crippen molar-refractivity contribution in [3.05, 3.63) is 5.51 Å². The predicted molar refractivity (Wildman–Crippen MR) is 57.1 cm³/mol. The normalized spacial score (nSPS) is 24.6. The second-order valence-electron chi connectivity index (χ2n) is 3.03. The van der Waals surface area contributed by atoms with Gasteiger partial charge in [-0.3, -0.25) is 10.1 Å². The number of hydrogen-bond acceptors (Lipinski definition) is 5. The number of hydrogen-bond donors (Lipinski definition) is 2. The Morgan fingerprint density at radius 1 is 1.73 bits per heavy atom. The van der Waals surface area contributed by atoms with Crippen LogP contribution < -0.4 is 10.6 Å². The second kappa shape index (κ2) is 5.34. The highest BCUT2D eigenvalue weighted by atomic mass is 35.5. The van der Waals surface area contributed by atoms with Crippen molar-refractivity contribution in [3.8, 4) is 0 Å². The number of halogens is 2. The number of carbonyl (C=O) groups is 1. The molecular formula is C7H10ClFN4OS. The van der Waals surface area contributed by atoms with Crippen LogP contribution in [0.3, 0.4) is 0 Å². The molecule has 8 heteroatoms. The first-order valence-corrected chi connectivity index (χ1v) is 5.08. The van der Waals surface area contributed by atoms with E-state index >= 15 is 0 Å². The molecule has 1 aliphatic rings. The van der Waals surface area contributed by atoms with Gasteiger partial charge < -0.3 is 5.32 Å². The topological polar surface area (TPSA) is 66.9 Å². The average Bonchev–Trinajstić information content (AvgIpc) is 2.75. The molecule has 1 aromatic heterocycles. The van der Waals surface area contributed by atoms with Crippen LogP contribution >= 0.6 is 23.7 Å². The molecule has 0 spiro atoms. The third-order valence-electron chi connectivity index (χ3n) is 1.98. The number of carbonyl (C=O) groups excluding carboxylic acids is 1. The SMILES string of the molecule is Cl.O=C(Nc1nncs1)[C@H]1C[C@H](F)CN1. The molecule has 1 aliphatic heterocycles. The molecule has 0 unspecified atom stereocenters. The molecule has 1 amide bonds.